The third-order valence-electron chi connectivity index (χ3n) is 3.50. The van der Waals surface area contributed by atoms with Gasteiger partial charge in [0.2, 0.25) is 0 Å². The molecule has 0 N–H and O–H groups in total. The van der Waals surface area contributed by atoms with Crippen LogP contribution in [-0.2, 0) is 11.2 Å². The highest BCUT2D eigenvalue weighted by molar-refractivity contribution is 7.12. The van der Waals surface area contributed by atoms with E-state index in [1.807, 2.05) is 18.4 Å². The van der Waals surface area contributed by atoms with Crippen molar-refractivity contribution in [3.05, 3.63) is 56.8 Å². The van der Waals surface area contributed by atoms with Crippen LogP contribution < -0.4 is 0 Å². The number of carbonyl (C=O) groups excluding carboxylic acids is 1. The summed E-state index contributed by atoms with van der Waals surface area (Å²) in [6.07, 6.45) is 1.88. The van der Waals surface area contributed by atoms with Crippen LogP contribution in [0.3, 0.4) is 0 Å². The summed E-state index contributed by atoms with van der Waals surface area (Å²) < 4.78 is 5.92. The van der Waals surface area contributed by atoms with E-state index in [-0.39, 0.29) is 6.10 Å². The molecule has 2 nitrogen and oxygen atoms in total. The fourth-order valence-electron chi connectivity index (χ4n) is 2.47. The van der Waals surface area contributed by atoms with E-state index in [1.54, 1.807) is 0 Å². The maximum absolute atomic E-state index is 10.9. The molecule has 2 heterocycles. The second-order valence-corrected chi connectivity index (χ2v) is 5.41. The topological polar surface area (TPSA) is 26.3 Å². The van der Waals surface area contributed by atoms with E-state index in [0.29, 0.717) is 0 Å². The summed E-state index contributed by atoms with van der Waals surface area (Å²) >= 11 is 1.50. The maximum atomic E-state index is 10.9. The van der Waals surface area contributed by atoms with Crippen molar-refractivity contribution in [2.75, 3.05) is 6.61 Å². The van der Waals surface area contributed by atoms with E-state index in [9.17, 15) is 4.79 Å². The van der Waals surface area contributed by atoms with Crippen molar-refractivity contribution >= 4 is 17.6 Å². The van der Waals surface area contributed by atoms with Gasteiger partial charge in [-0.2, -0.15) is 0 Å². The quantitative estimate of drug-likeness (QED) is 0.770. The van der Waals surface area contributed by atoms with Crippen LogP contribution in [0.2, 0.25) is 0 Å². The van der Waals surface area contributed by atoms with Crippen LogP contribution in [0.5, 0.6) is 0 Å². The summed E-state index contributed by atoms with van der Waals surface area (Å²) in [4.78, 5) is 11.7. The molecule has 2 aromatic rings. The van der Waals surface area contributed by atoms with Crippen molar-refractivity contribution in [2.45, 2.75) is 19.4 Å². The fraction of sp³-hybridized carbons (Fsp3) is 0.267. The average Bonchev–Trinajstić information content (AvgIpc) is 2.79. The Morgan fingerprint density at radius 2 is 2.17 bits per heavy atom. The average molecular weight is 258 g/mol. The van der Waals surface area contributed by atoms with Crippen LogP contribution in [0.4, 0.5) is 0 Å². The highest BCUT2D eigenvalue weighted by Crippen LogP contribution is 2.36. The molecular formula is C15H14O2S. The first kappa shape index (κ1) is 11.6. The summed E-state index contributed by atoms with van der Waals surface area (Å²) in [6.45, 7) is 2.74. The lowest BCUT2D eigenvalue weighted by Gasteiger charge is -2.26. The van der Waals surface area contributed by atoms with E-state index in [0.717, 1.165) is 35.3 Å². The van der Waals surface area contributed by atoms with E-state index < -0.39 is 0 Å². The van der Waals surface area contributed by atoms with Crippen molar-refractivity contribution in [2.24, 2.45) is 0 Å². The van der Waals surface area contributed by atoms with Gasteiger partial charge in [0.15, 0.2) is 6.29 Å². The molecule has 0 spiro atoms. The monoisotopic (exact) mass is 258 g/mol. The molecule has 1 aliphatic heterocycles. The predicted octanol–water partition coefficient (Wildman–Crippen LogP) is 3.53. The molecule has 1 atom stereocenters. The molecule has 1 aromatic heterocycles. The zero-order valence-corrected chi connectivity index (χ0v) is 11.0. The minimum atomic E-state index is -0.0140. The number of rotatable bonds is 2. The van der Waals surface area contributed by atoms with Crippen molar-refractivity contribution in [3.63, 3.8) is 0 Å². The molecule has 1 aliphatic rings. The molecule has 0 amide bonds. The minimum Gasteiger partial charge on any atom is -0.368 e. The third-order valence-corrected chi connectivity index (χ3v) is 4.53. The number of fused-ring (bicyclic) bond motifs is 1. The lowest BCUT2D eigenvalue weighted by Crippen LogP contribution is -2.17. The van der Waals surface area contributed by atoms with Gasteiger partial charge in [0.05, 0.1) is 11.5 Å². The van der Waals surface area contributed by atoms with Gasteiger partial charge in [-0.15, -0.1) is 11.3 Å². The van der Waals surface area contributed by atoms with E-state index >= 15 is 0 Å². The number of carbonyl (C=O) groups is 1. The molecule has 18 heavy (non-hydrogen) atoms. The van der Waals surface area contributed by atoms with Crippen LogP contribution in [0, 0.1) is 6.92 Å². The number of hydrogen-bond donors (Lipinski definition) is 0. The zero-order valence-electron chi connectivity index (χ0n) is 10.2. The molecule has 0 aliphatic carbocycles. The van der Waals surface area contributed by atoms with Crippen LogP contribution in [0.25, 0.3) is 0 Å². The predicted molar refractivity (Wildman–Crippen MR) is 72.4 cm³/mol. The normalized spacial score (nSPS) is 18.4. The van der Waals surface area contributed by atoms with Gasteiger partial charge in [0.1, 0.15) is 6.10 Å². The number of benzene rings is 1. The molecule has 0 fully saturated rings. The summed E-state index contributed by atoms with van der Waals surface area (Å²) in [6, 6.07) is 8.39. The highest BCUT2D eigenvalue weighted by Gasteiger charge is 2.25. The van der Waals surface area contributed by atoms with Crippen LogP contribution in [0.1, 0.15) is 38.0 Å². The number of hydrogen-bond acceptors (Lipinski definition) is 3. The van der Waals surface area contributed by atoms with Gasteiger partial charge >= 0.3 is 0 Å². The number of ether oxygens (including phenoxy) is 1. The van der Waals surface area contributed by atoms with Gasteiger partial charge in [-0.05, 0) is 41.0 Å². The van der Waals surface area contributed by atoms with E-state index in [4.69, 9.17) is 4.74 Å². The Morgan fingerprint density at radius 1 is 1.33 bits per heavy atom. The maximum Gasteiger partial charge on any atom is 0.160 e. The first-order valence-corrected chi connectivity index (χ1v) is 6.92. The Kier molecular flexibility index (Phi) is 3.02. The van der Waals surface area contributed by atoms with Crippen molar-refractivity contribution in [3.8, 4) is 0 Å². The van der Waals surface area contributed by atoms with Crippen molar-refractivity contribution in [1.29, 1.82) is 0 Å². The highest BCUT2D eigenvalue weighted by atomic mass is 32.1. The van der Waals surface area contributed by atoms with Gasteiger partial charge in [-0.25, -0.2) is 0 Å². The Labute approximate surface area is 110 Å². The fourth-order valence-corrected chi connectivity index (χ4v) is 3.38. The van der Waals surface area contributed by atoms with Gasteiger partial charge < -0.3 is 4.74 Å². The second kappa shape index (κ2) is 4.67. The van der Waals surface area contributed by atoms with Gasteiger partial charge in [-0.3, -0.25) is 4.79 Å². The van der Waals surface area contributed by atoms with Crippen molar-refractivity contribution in [1.82, 2.24) is 0 Å². The van der Waals surface area contributed by atoms with Gasteiger partial charge in [0, 0.05) is 0 Å². The zero-order chi connectivity index (χ0) is 12.5. The molecule has 1 aromatic carbocycles. The lowest BCUT2D eigenvalue weighted by atomic mass is 9.92. The molecule has 3 rings (SSSR count). The lowest BCUT2D eigenvalue weighted by molar-refractivity contribution is 0.0697. The van der Waals surface area contributed by atoms with E-state index in [2.05, 4.69) is 18.2 Å². The summed E-state index contributed by atoms with van der Waals surface area (Å²) in [5.41, 5.74) is 4.78. The Balaban J connectivity index is 2.08. The molecule has 0 saturated carbocycles. The molecule has 0 bridgehead atoms. The van der Waals surface area contributed by atoms with Crippen LogP contribution >= 0.6 is 11.3 Å². The van der Waals surface area contributed by atoms with Crippen LogP contribution in [-0.4, -0.2) is 12.9 Å². The second-order valence-electron chi connectivity index (χ2n) is 4.50. The molecule has 92 valence electrons. The SMILES string of the molecule is Cc1c(C2OCCc3ccccc32)csc1C=O. The molecule has 0 saturated heterocycles. The number of aldehydes is 1. The Bertz CT molecular complexity index is 586. The van der Waals surface area contributed by atoms with E-state index in [1.165, 1.54) is 22.5 Å². The summed E-state index contributed by atoms with van der Waals surface area (Å²) in [7, 11) is 0. The summed E-state index contributed by atoms with van der Waals surface area (Å²) in [5.74, 6) is 0. The largest absolute Gasteiger partial charge is 0.368 e. The summed E-state index contributed by atoms with van der Waals surface area (Å²) in [5, 5.41) is 2.05. The van der Waals surface area contributed by atoms with Crippen LogP contribution in [0.15, 0.2) is 29.6 Å². The smallest absolute Gasteiger partial charge is 0.160 e. The molecule has 3 heteroatoms. The van der Waals surface area contributed by atoms with Crippen molar-refractivity contribution < 1.29 is 9.53 Å². The first-order chi connectivity index (χ1) is 8.81. The third kappa shape index (κ3) is 1.80. The minimum absolute atomic E-state index is 0.0140. The van der Waals surface area contributed by atoms with Gasteiger partial charge in [-0.1, -0.05) is 24.3 Å². The standard InChI is InChI=1S/C15H14O2S/c1-10-13(9-18-14(10)8-16)15-12-5-3-2-4-11(12)6-7-17-15/h2-5,8-9,15H,6-7H2,1H3. The Hall–Kier alpha value is -1.45. The molecule has 0 radical (unpaired) electrons. The first-order valence-electron chi connectivity index (χ1n) is 6.04. The number of thiophene rings is 1. The molecule has 1 unspecified atom stereocenters. The van der Waals surface area contributed by atoms with Gasteiger partial charge in [0.25, 0.3) is 0 Å². The molecular weight excluding hydrogens is 244 g/mol. The Morgan fingerprint density at radius 3 is 2.94 bits per heavy atom.